The van der Waals surface area contributed by atoms with Gasteiger partial charge in [-0.05, 0) is 43.2 Å². The Morgan fingerprint density at radius 1 is 1.20 bits per heavy atom. The zero-order chi connectivity index (χ0) is 13.8. The highest BCUT2D eigenvalue weighted by atomic mass is 32.2. The van der Waals surface area contributed by atoms with Crippen molar-refractivity contribution in [3.63, 3.8) is 0 Å². The minimum absolute atomic E-state index is 0.422. The van der Waals surface area contributed by atoms with Crippen molar-refractivity contribution < 1.29 is 9.47 Å². The van der Waals surface area contributed by atoms with Gasteiger partial charge in [0.05, 0.1) is 13.2 Å². The maximum atomic E-state index is 5.73. The number of fused-ring (bicyclic) bond motifs is 1. The molecule has 1 N–H and O–H groups in total. The molecule has 2 heterocycles. The molecule has 1 aromatic carbocycles. The van der Waals surface area contributed by atoms with Crippen molar-refractivity contribution in [3.8, 4) is 11.5 Å². The van der Waals surface area contributed by atoms with E-state index in [0.717, 1.165) is 44.2 Å². The lowest BCUT2D eigenvalue weighted by molar-refractivity contribution is 0.297. The molecule has 0 saturated carbocycles. The van der Waals surface area contributed by atoms with Crippen LogP contribution in [0.3, 0.4) is 0 Å². The molecule has 0 bridgehead atoms. The molecule has 1 saturated heterocycles. The normalized spacial score (nSPS) is 25.4. The summed E-state index contributed by atoms with van der Waals surface area (Å²) in [4.78, 5) is 0. The Morgan fingerprint density at radius 2 is 2.05 bits per heavy atom. The van der Waals surface area contributed by atoms with Gasteiger partial charge < -0.3 is 14.8 Å². The first-order valence-electron chi connectivity index (χ1n) is 7.48. The van der Waals surface area contributed by atoms with Crippen molar-refractivity contribution >= 4 is 11.8 Å². The van der Waals surface area contributed by atoms with Gasteiger partial charge in [0.15, 0.2) is 11.5 Å². The first-order chi connectivity index (χ1) is 9.75. The van der Waals surface area contributed by atoms with E-state index in [9.17, 15) is 0 Å². The fourth-order valence-electron chi connectivity index (χ4n) is 2.77. The molecule has 0 radical (unpaired) electrons. The molecule has 1 unspecified atom stereocenters. The monoisotopic (exact) mass is 293 g/mol. The van der Waals surface area contributed by atoms with E-state index >= 15 is 0 Å². The van der Waals surface area contributed by atoms with E-state index < -0.39 is 0 Å². The molecule has 1 atom stereocenters. The standard InChI is InChI=1S/C16H23NO2S/c1-16(6-2-9-20-16)12-17-11-13-4-5-14-15(10-13)19-8-3-7-18-14/h4-5,10,17H,2-3,6-9,11-12H2,1H3. The van der Waals surface area contributed by atoms with E-state index in [1.807, 2.05) is 6.07 Å². The SMILES string of the molecule is CC1(CNCc2ccc3c(c2)OCCCO3)CCCS1. The number of nitrogens with one attached hydrogen (secondary N) is 1. The number of ether oxygens (including phenoxy) is 2. The van der Waals surface area contributed by atoms with Crippen LogP contribution in [-0.4, -0.2) is 30.3 Å². The first-order valence-corrected chi connectivity index (χ1v) is 8.47. The van der Waals surface area contributed by atoms with Gasteiger partial charge in [0.1, 0.15) is 0 Å². The fraction of sp³-hybridized carbons (Fsp3) is 0.625. The first kappa shape index (κ1) is 14.1. The Balaban J connectivity index is 1.56. The van der Waals surface area contributed by atoms with Gasteiger partial charge >= 0.3 is 0 Å². The fourth-order valence-corrected chi connectivity index (χ4v) is 4.04. The van der Waals surface area contributed by atoms with E-state index in [4.69, 9.17) is 9.47 Å². The Kier molecular flexibility index (Phi) is 4.41. The van der Waals surface area contributed by atoms with Gasteiger partial charge in [0, 0.05) is 24.3 Å². The summed E-state index contributed by atoms with van der Waals surface area (Å²) >= 11 is 2.10. The van der Waals surface area contributed by atoms with Crippen molar-refractivity contribution in [1.29, 1.82) is 0 Å². The van der Waals surface area contributed by atoms with Gasteiger partial charge in [0.25, 0.3) is 0 Å². The van der Waals surface area contributed by atoms with Crippen molar-refractivity contribution in [2.45, 2.75) is 37.5 Å². The van der Waals surface area contributed by atoms with E-state index in [1.165, 1.54) is 24.2 Å². The van der Waals surface area contributed by atoms with E-state index in [1.54, 1.807) is 0 Å². The lowest BCUT2D eigenvalue weighted by atomic mass is 10.1. The zero-order valence-electron chi connectivity index (χ0n) is 12.1. The maximum Gasteiger partial charge on any atom is 0.161 e. The van der Waals surface area contributed by atoms with Crippen molar-refractivity contribution in [3.05, 3.63) is 23.8 Å². The smallest absolute Gasteiger partial charge is 0.161 e. The molecule has 2 aliphatic heterocycles. The summed E-state index contributed by atoms with van der Waals surface area (Å²) in [6.07, 6.45) is 3.64. The molecule has 0 spiro atoms. The van der Waals surface area contributed by atoms with Crippen molar-refractivity contribution in [2.75, 3.05) is 25.5 Å². The number of hydrogen-bond acceptors (Lipinski definition) is 4. The third-order valence-electron chi connectivity index (χ3n) is 3.94. The molecule has 1 aromatic rings. The van der Waals surface area contributed by atoms with E-state index in [0.29, 0.717) is 4.75 Å². The van der Waals surface area contributed by atoms with Crippen LogP contribution >= 0.6 is 11.8 Å². The molecule has 110 valence electrons. The van der Waals surface area contributed by atoms with Gasteiger partial charge in [-0.3, -0.25) is 0 Å². The van der Waals surface area contributed by atoms with Crippen molar-refractivity contribution in [1.82, 2.24) is 5.32 Å². The third-order valence-corrected chi connectivity index (χ3v) is 5.48. The van der Waals surface area contributed by atoms with Crippen LogP contribution in [0.25, 0.3) is 0 Å². The molecule has 4 heteroatoms. The van der Waals surface area contributed by atoms with Gasteiger partial charge in [-0.15, -0.1) is 0 Å². The second-order valence-electron chi connectivity index (χ2n) is 5.84. The predicted molar refractivity (Wildman–Crippen MR) is 83.9 cm³/mol. The van der Waals surface area contributed by atoms with E-state index in [2.05, 4.69) is 36.1 Å². The van der Waals surface area contributed by atoms with Crippen molar-refractivity contribution in [2.24, 2.45) is 0 Å². The van der Waals surface area contributed by atoms with Gasteiger partial charge in [-0.1, -0.05) is 6.07 Å². The highest BCUT2D eigenvalue weighted by Crippen LogP contribution is 2.37. The summed E-state index contributed by atoms with van der Waals surface area (Å²) in [5.41, 5.74) is 1.26. The van der Waals surface area contributed by atoms with Crippen LogP contribution < -0.4 is 14.8 Å². The topological polar surface area (TPSA) is 30.5 Å². The Hall–Kier alpha value is -0.870. The van der Waals surface area contributed by atoms with Crippen LogP contribution in [0, 0.1) is 0 Å². The predicted octanol–water partition coefficient (Wildman–Crippen LogP) is 3.22. The Bertz CT molecular complexity index is 458. The van der Waals surface area contributed by atoms with Crippen LogP contribution in [0.4, 0.5) is 0 Å². The molecule has 2 aliphatic rings. The molecular weight excluding hydrogens is 270 g/mol. The average molecular weight is 293 g/mol. The molecule has 1 fully saturated rings. The van der Waals surface area contributed by atoms with Gasteiger partial charge in [-0.2, -0.15) is 11.8 Å². The Morgan fingerprint density at radius 3 is 2.85 bits per heavy atom. The number of thioether (sulfide) groups is 1. The molecule has 3 rings (SSSR count). The Labute approximate surface area is 125 Å². The van der Waals surface area contributed by atoms with Crippen LogP contribution in [0.5, 0.6) is 11.5 Å². The molecule has 20 heavy (non-hydrogen) atoms. The van der Waals surface area contributed by atoms with Crippen LogP contribution in [-0.2, 0) is 6.54 Å². The highest BCUT2D eigenvalue weighted by molar-refractivity contribution is 8.00. The maximum absolute atomic E-state index is 5.73. The second kappa shape index (κ2) is 6.27. The molecule has 0 amide bonds. The summed E-state index contributed by atoms with van der Waals surface area (Å²) in [6.45, 7) is 5.84. The average Bonchev–Trinajstić information content (AvgIpc) is 2.74. The minimum atomic E-state index is 0.422. The summed E-state index contributed by atoms with van der Waals surface area (Å²) in [7, 11) is 0. The number of hydrogen-bond donors (Lipinski definition) is 1. The summed E-state index contributed by atoms with van der Waals surface area (Å²) < 4.78 is 11.8. The van der Waals surface area contributed by atoms with Crippen LogP contribution in [0.1, 0.15) is 31.7 Å². The number of benzene rings is 1. The summed E-state index contributed by atoms with van der Waals surface area (Å²) in [5, 5.41) is 3.59. The zero-order valence-corrected chi connectivity index (χ0v) is 12.9. The van der Waals surface area contributed by atoms with Gasteiger partial charge in [0.2, 0.25) is 0 Å². The van der Waals surface area contributed by atoms with Crippen LogP contribution in [0.2, 0.25) is 0 Å². The lowest BCUT2D eigenvalue weighted by Gasteiger charge is -2.23. The van der Waals surface area contributed by atoms with Gasteiger partial charge in [-0.25, -0.2) is 0 Å². The highest BCUT2D eigenvalue weighted by Gasteiger charge is 2.28. The lowest BCUT2D eigenvalue weighted by Crippen LogP contribution is -2.32. The molecule has 3 nitrogen and oxygen atoms in total. The largest absolute Gasteiger partial charge is 0.490 e. The molecule has 0 aliphatic carbocycles. The summed E-state index contributed by atoms with van der Waals surface area (Å²) in [5.74, 6) is 3.08. The molecule has 0 aromatic heterocycles. The quantitative estimate of drug-likeness (QED) is 0.923. The minimum Gasteiger partial charge on any atom is -0.490 e. The second-order valence-corrected chi connectivity index (χ2v) is 7.52. The third kappa shape index (κ3) is 3.41. The molecular formula is C16H23NO2S. The van der Waals surface area contributed by atoms with E-state index in [-0.39, 0.29) is 0 Å². The summed E-state index contributed by atoms with van der Waals surface area (Å²) in [6, 6.07) is 6.27. The van der Waals surface area contributed by atoms with Crippen LogP contribution in [0.15, 0.2) is 18.2 Å². The number of rotatable bonds is 4.